The van der Waals surface area contributed by atoms with Gasteiger partial charge in [0, 0.05) is 58.8 Å². The van der Waals surface area contributed by atoms with E-state index in [1.165, 1.54) is 32.1 Å². The van der Waals surface area contributed by atoms with Crippen LogP contribution in [0.15, 0.2) is 12.1 Å². The van der Waals surface area contributed by atoms with E-state index in [2.05, 4.69) is 48.9 Å². The molecule has 0 aromatic carbocycles. The second-order valence-electron chi connectivity index (χ2n) is 8.75. The molecule has 0 N–H and O–H groups in total. The molecule has 2 saturated heterocycles. The zero-order valence-electron chi connectivity index (χ0n) is 17.9. The van der Waals surface area contributed by atoms with Crippen molar-refractivity contribution >= 4 is 17.5 Å². The van der Waals surface area contributed by atoms with Gasteiger partial charge in [-0.25, -0.2) is 0 Å². The molecule has 0 unspecified atom stereocenters. The highest BCUT2D eigenvalue weighted by Crippen LogP contribution is 2.27. The Morgan fingerprint density at radius 1 is 0.862 bits per heavy atom. The molecule has 1 amide bonds. The minimum atomic E-state index is 0.351. The maximum Gasteiger partial charge on any atom is 0.222 e. The maximum absolute atomic E-state index is 12.6. The lowest BCUT2D eigenvalue weighted by Crippen LogP contribution is -2.49. The van der Waals surface area contributed by atoms with E-state index in [1.807, 2.05) is 0 Å². The Kier molecular flexibility index (Phi) is 6.85. The van der Waals surface area contributed by atoms with E-state index in [0.717, 1.165) is 77.0 Å². The van der Waals surface area contributed by atoms with Gasteiger partial charge in [0.1, 0.15) is 0 Å². The van der Waals surface area contributed by atoms with E-state index in [1.54, 1.807) is 0 Å². The van der Waals surface area contributed by atoms with Crippen LogP contribution in [-0.2, 0) is 4.79 Å². The highest BCUT2D eigenvalue weighted by atomic mass is 16.2. The molecule has 1 aromatic rings. The molecule has 3 fully saturated rings. The summed E-state index contributed by atoms with van der Waals surface area (Å²) in [6.45, 7) is 10.9. The van der Waals surface area contributed by atoms with E-state index in [0.29, 0.717) is 11.8 Å². The van der Waals surface area contributed by atoms with Gasteiger partial charge in [0.25, 0.3) is 0 Å². The molecule has 3 aliphatic rings. The summed E-state index contributed by atoms with van der Waals surface area (Å²) < 4.78 is 0. The van der Waals surface area contributed by atoms with Gasteiger partial charge in [-0.2, -0.15) is 0 Å². The predicted octanol–water partition coefficient (Wildman–Crippen LogP) is 2.24. The quantitative estimate of drug-likeness (QED) is 0.756. The number of nitrogens with zero attached hydrogens (tertiary/aromatic N) is 6. The van der Waals surface area contributed by atoms with Crippen LogP contribution in [0.1, 0.15) is 45.4 Å². The molecule has 1 aromatic heterocycles. The third-order valence-electron chi connectivity index (χ3n) is 6.92. The first-order valence-corrected chi connectivity index (χ1v) is 11.6. The summed E-state index contributed by atoms with van der Waals surface area (Å²) in [5, 5.41) is 8.99. The average molecular weight is 401 g/mol. The van der Waals surface area contributed by atoms with Crippen molar-refractivity contribution in [2.24, 2.45) is 5.92 Å². The van der Waals surface area contributed by atoms with Crippen LogP contribution in [0.25, 0.3) is 0 Å². The normalized spacial score (nSPS) is 22.2. The van der Waals surface area contributed by atoms with Gasteiger partial charge in [-0.1, -0.05) is 26.2 Å². The third kappa shape index (κ3) is 5.18. The van der Waals surface area contributed by atoms with Gasteiger partial charge in [-0.3, -0.25) is 4.79 Å². The first kappa shape index (κ1) is 20.4. The van der Waals surface area contributed by atoms with Crippen molar-refractivity contribution in [2.75, 3.05) is 68.7 Å². The van der Waals surface area contributed by atoms with Gasteiger partial charge >= 0.3 is 0 Å². The molecule has 3 heterocycles. The van der Waals surface area contributed by atoms with E-state index in [4.69, 9.17) is 0 Å². The molecule has 7 heteroatoms. The monoisotopic (exact) mass is 400 g/mol. The summed E-state index contributed by atoms with van der Waals surface area (Å²) in [5.74, 6) is 2.88. The highest BCUT2D eigenvalue weighted by Gasteiger charge is 2.25. The van der Waals surface area contributed by atoms with Crippen molar-refractivity contribution in [1.82, 2.24) is 20.0 Å². The number of carbonyl (C=O) groups is 1. The van der Waals surface area contributed by atoms with Crippen LogP contribution in [0.4, 0.5) is 11.6 Å². The molecule has 7 nitrogen and oxygen atoms in total. The van der Waals surface area contributed by atoms with E-state index >= 15 is 0 Å². The van der Waals surface area contributed by atoms with Gasteiger partial charge in [0.2, 0.25) is 5.91 Å². The minimum absolute atomic E-state index is 0.351. The van der Waals surface area contributed by atoms with Crippen molar-refractivity contribution in [3.05, 3.63) is 12.1 Å². The maximum atomic E-state index is 12.6. The van der Waals surface area contributed by atoms with Crippen molar-refractivity contribution in [2.45, 2.75) is 45.4 Å². The Balaban J connectivity index is 1.25. The molecule has 4 rings (SSSR count). The Hall–Kier alpha value is -1.89. The van der Waals surface area contributed by atoms with Crippen molar-refractivity contribution in [3.63, 3.8) is 0 Å². The van der Waals surface area contributed by atoms with Crippen LogP contribution in [0.3, 0.4) is 0 Å². The molecule has 1 aliphatic carbocycles. The number of rotatable bonds is 5. The van der Waals surface area contributed by atoms with Gasteiger partial charge in [-0.15, -0.1) is 10.2 Å². The number of aromatic nitrogens is 2. The van der Waals surface area contributed by atoms with E-state index in [-0.39, 0.29) is 0 Å². The molecular formula is C22H36N6O. The Morgan fingerprint density at radius 3 is 1.93 bits per heavy atom. The summed E-state index contributed by atoms with van der Waals surface area (Å²) in [4.78, 5) is 21.8. The van der Waals surface area contributed by atoms with E-state index in [9.17, 15) is 4.79 Å². The van der Waals surface area contributed by atoms with Crippen LogP contribution in [-0.4, -0.2) is 84.8 Å². The zero-order valence-corrected chi connectivity index (χ0v) is 17.9. The van der Waals surface area contributed by atoms with E-state index < -0.39 is 0 Å². The van der Waals surface area contributed by atoms with Crippen LogP contribution in [0, 0.1) is 5.92 Å². The number of carbonyl (C=O) groups excluding carboxylic acids is 1. The second kappa shape index (κ2) is 9.74. The standard InChI is InChI=1S/C22H36N6O/c1-2-25-10-12-26(13-11-25)20-8-9-21(24-23-20)27-14-16-28(17-15-27)22(29)18-19-6-4-3-5-7-19/h8-9,19H,2-7,10-18H2,1H3. The van der Waals surface area contributed by atoms with Crippen LogP contribution in [0.5, 0.6) is 0 Å². The minimum Gasteiger partial charge on any atom is -0.353 e. The van der Waals surface area contributed by atoms with Crippen LogP contribution >= 0.6 is 0 Å². The lowest BCUT2D eigenvalue weighted by atomic mass is 9.86. The molecule has 0 atom stereocenters. The fourth-order valence-electron chi connectivity index (χ4n) is 4.90. The lowest BCUT2D eigenvalue weighted by molar-refractivity contribution is -0.132. The molecule has 1 saturated carbocycles. The molecular weight excluding hydrogens is 364 g/mol. The molecule has 29 heavy (non-hydrogen) atoms. The van der Waals surface area contributed by atoms with Crippen molar-refractivity contribution < 1.29 is 4.79 Å². The first-order valence-electron chi connectivity index (χ1n) is 11.6. The van der Waals surface area contributed by atoms with Gasteiger partial charge in [0.15, 0.2) is 11.6 Å². The summed E-state index contributed by atoms with van der Waals surface area (Å²) >= 11 is 0. The number of anilines is 2. The average Bonchev–Trinajstić information content (AvgIpc) is 2.80. The molecule has 0 radical (unpaired) electrons. The Labute approximate surface area is 175 Å². The zero-order chi connectivity index (χ0) is 20.1. The van der Waals surface area contributed by atoms with Gasteiger partial charge in [0.05, 0.1) is 0 Å². The highest BCUT2D eigenvalue weighted by molar-refractivity contribution is 5.76. The molecule has 160 valence electrons. The van der Waals surface area contributed by atoms with Crippen LogP contribution in [0.2, 0.25) is 0 Å². The summed E-state index contributed by atoms with van der Waals surface area (Å²) in [5.41, 5.74) is 0. The Bertz CT molecular complexity index is 644. The summed E-state index contributed by atoms with van der Waals surface area (Å²) in [6.07, 6.45) is 7.17. The molecule has 0 spiro atoms. The summed E-state index contributed by atoms with van der Waals surface area (Å²) in [7, 11) is 0. The second-order valence-corrected chi connectivity index (χ2v) is 8.75. The molecule has 0 bridgehead atoms. The van der Waals surface area contributed by atoms with Crippen molar-refractivity contribution in [3.8, 4) is 0 Å². The van der Waals surface area contributed by atoms with Gasteiger partial charge in [-0.05, 0) is 37.4 Å². The lowest BCUT2D eigenvalue weighted by Gasteiger charge is -2.36. The fraction of sp³-hybridized carbons (Fsp3) is 0.773. The number of amides is 1. The predicted molar refractivity (Wildman–Crippen MR) is 116 cm³/mol. The number of hydrogen-bond donors (Lipinski definition) is 0. The molecule has 2 aliphatic heterocycles. The SMILES string of the molecule is CCN1CCN(c2ccc(N3CCN(C(=O)CC4CCCCC4)CC3)nn2)CC1. The first-order chi connectivity index (χ1) is 14.2. The fourth-order valence-corrected chi connectivity index (χ4v) is 4.90. The van der Waals surface area contributed by atoms with Gasteiger partial charge < -0.3 is 19.6 Å². The van der Waals surface area contributed by atoms with Crippen LogP contribution < -0.4 is 9.80 Å². The number of hydrogen-bond acceptors (Lipinski definition) is 6. The largest absolute Gasteiger partial charge is 0.353 e. The summed E-state index contributed by atoms with van der Waals surface area (Å²) in [6, 6.07) is 4.19. The van der Waals surface area contributed by atoms with Crippen molar-refractivity contribution in [1.29, 1.82) is 0 Å². The topological polar surface area (TPSA) is 55.8 Å². The number of piperazine rings is 2. The number of likely N-dealkylation sites (N-methyl/N-ethyl adjacent to an activating group) is 1. The third-order valence-corrected chi connectivity index (χ3v) is 6.92. The smallest absolute Gasteiger partial charge is 0.222 e. The Morgan fingerprint density at radius 2 is 1.41 bits per heavy atom.